The molecule has 0 bridgehead atoms. The molecule has 3 nitrogen and oxygen atoms in total. The van der Waals surface area contributed by atoms with Crippen LogP contribution in [0, 0.1) is 11.8 Å². The van der Waals surface area contributed by atoms with Crippen molar-refractivity contribution in [1.82, 2.24) is 15.1 Å². The summed E-state index contributed by atoms with van der Waals surface area (Å²) in [6, 6.07) is 1.68. The molecular formula is C17H31N3. The molecule has 0 radical (unpaired) electrons. The average Bonchev–Trinajstić information content (AvgIpc) is 3.19. The molecule has 0 aromatic heterocycles. The molecule has 0 spiro atoms. The van der Waals surface area contributed by atoms with Crippen LogP contribution in [0.1, 0.15) is 44.9 Å². The number of likely N-dealkylation sites (tertiary alicyclic amines) is 2. The minimum Gasteiger partial charge on any atom is -0.312 e. The van der Waals surface area contributed by atoms with Crippen molar-refractivity contribution in [3.05, 3.63) is 0 Å². The second-order valence-electron chi connectivity index (χ2n) is 7.67. The van der Waals surface area contributed by atoms with Crippen LogP contribution in [0.3, 0.4) is 0 Å². The molecule has 4 atom stereocenters. The lowest BCUT2D eigenvalue weighted by Crippen LogP contribution is -2.43. The van der Waals surface area contributed by atoms with Gasteiger partial charge in [0, 0.05) is 25.2 Å². The molecule has 1 saturated carbocycles. The van der Waals surface area contributed by atoms with Crippen LogP contribution in [-0.4, -0.2) is 61.2 Å². The fourth-order valence-electron chi connectivity index (χ4n) is 5.34. The van der Waals surface area contributed by atoms with Crippen LogP contribution >= 0.6 is 0 Å². The van der Waals surface area contributed by atoms with Crippen molar-refractivity contribution < 1.29 is 0 Å². The van der Waals surface area contributed by atoms with Gasteiger partial charge in [0.25, 0.3) is 0 Å². The molecular weight excluding hydrogens is 246 g/mol. The highest BCUT2D eigenvalue weighted by atomic mass is 15.3. The molecule has 114 valence electrons. The van der Waals surface area contributed by atoms with Gasteiger partial charge in [-0.3, -0.25) is 4.90 Å². The van der Waals surface area contributed by atoms with E-state index in [1.165, 1.54) is 84.2 Å². The van der Waals surface area contributed by atoms with E-state index in [1.54, 1.807) is 0 Å². The highest BCUT2D eigenvalue weighted by Crippen LogP contribution is 2.38. The zero-order valence-corrected chi connectivity index (χ0v) is 12.9. The SMILES string of the molecule is C1CCN(C2CCN(CC3NCC4CCCC43)C2)CC1. The second-order valence-corrected chi connectivity index (χ2v) is 7.67. The fourth-order valence-corrected chi connectivity index (χ4v) is 5.34. The van der Waals surface area contributed by atoms with Gasteiger partial charge in [-0.25, -0.2) is 0 Å². The van der Waals surface area contributed by atoms with Crippen LogP contribution in [0.15, 0.2) is 0 Å². The molecule has 1 N–H and O–H groups in total. The first-order chi connectivity index (χ1) is 9.90. The topological polar surface area (TPSA) is 18.5 Å². The lowest BCUT2D eigenvalue weighted by Gasteiger charge is -2.32. The summed E-state index contributed by atoms with van der Waals surface area (Å²) in [5.74, 6) is 2.02. The molecule has 4 rings (SSSR count). The van der Waals surface area contributed by atoms with Gasteiger partial charge in [0.2, 0.25) is 0 Å². The van der Waals surface area contributed by atoms with Gasteiger partial charge in [-0.1, -0.05) is 12.8 Å². The summed E-state index contributed by atoms with van der Waals surface area (Å²) in [6.07, 6.45) is 10.2. The number of rotatable bonds is 3. The van der Waals surface area contributed by atoms with E-state index in [1.807, 2.05) is 0 Å². The maximum atomic E-state index is 3.82. The van der Waals surface area contributed by atoms with Crippen LogP contribution in [0.25, 0.3) is 0 Å². The van der Waals surface area contributed by atoms with Crippen LogP contribution < -0.4 is 5.32 Å². The van der Waals surface area contributed by atoms with E-state index < -0.39 is 0 Å². The second kappa shape index (κ2) is 5.94. The third-order valence-electron chi connectivity index (χ3n) is 6.49. The molecule has 4 fully saturated rings. The first-order valence-electron chi connectivity index (χ1n) is 9.10. The number of piperidine rings is 1. The predicted molar refractivity (Wildman–Crippen MR) is 82.9 cm³/mol. The van der Waals surface area contributed by atoms with Crippen LogP contribution in [0.5, 0.6) is 0 Å². The molecule has 4 unspecified atom stereocenters. The van der Waals surface area contributed by atoms with Crippen molar-refractivity contribution in [3.8, 4) is 0 Å². The van der Waals surface area contributed by atoms with Crippen molar-refractivity contribution in [2.24, 2.45) is 11.8 Å². The van der Waals surface area contributed by atoms with E-state index in [0.717, 1.165) is 23.9 Å². The summed E-state index contributed by atoms with van der Waals surface area (Å²) in [5.41, 5.74) is 0. The van der Waals surface area contributed by atoms with Crippen molar-refractivity contribution >= 4 is 0 Å². The van der Waals surface area contributed by atoms with Crippen molar-refractivity contribution in [2.45, 2.75) is 57.0 Å². The van der Waals surface area contributed by atoms with E-state index in [0.29, 0.717) is 0 Å². The minimum absolute atomic E-state index is 0.808. The minimum atomic E-state index is 0.808. The predicted octanol–water partition coefficient (Wildman–Crippen LogP) is 1.93. The van der Waals surface area contributed by atoms with Gasteiger partial charge in [-0.2, -0.15) is 0 Å². The Balaban J connectivity index is 1.28. The lowest BCUT2D eigenvalue weighted by molar-refractivity contribution is 0.158. The number of nitrogens with one attached hydrogen (secondary N) is 1. The van der Waals surface area contributed by atoms with E-state index in [9.17, 15) is 0 Å². The maximum Gasteiger partial charge on any atom is 0.0235 e. The average molecular weight is 277 g/mol. The van der Waals surface area contributed by atoms with Crippen LogP contribution in [0.2, 0.25) is 0 Å². The van der Waals surface area contributed by atoms with Gasteiger partial charge in [0.1, 0.15) is 0 Å². The third kappa shape index (κ3) is 2.65. The molecule has 0 amide bonds. The Labute approximate surface area is 124 Å². The lowest BCUT2D eigenvalue weighted by atomic mass is 9.94. The third-order valence-corrected chi connectivity index (χ3v) is 6.49. The molecule has 0 aromatic carbocycles. The highest BCUT2D eigenvalue weighted by Gasteiger charge is 2.40. The number of hydrogen-bond donors (Lipinski definition) is 1. The summed E-state index contributed by atoms with van der Waals surface area (Å²) < 4.78 is 0. The van der Waals surface area contributed by atoms with Gasteiger partial charge >= 0.3 is 0 Å². The Morgan fingerprint density at radius 1 is 0.900 bits per heavy atom. The Bertz CT molecular complexity index is 326. The Morgan fingerprint density at radius 3 is 2.70 bits per heavy atom. The van der Waals surface area contributed by atoms with E-state index >= 15 is 0 Å². The summed E-state index contributed by atoms with van der Waals surface area (Å²) in [7, 11) is 0. The van der Waals surface area contributed by atoms with Crippen molar-refractivity contribution in [1.29, 1.82) is 0 Å². The monoisotopic (exact) mass is 277 g/mol. The first kappa shape index (κ1) is 13.5. The molecule has 0 aromatic rings. The smallest absolute Gasteiger partial charge is 0.0235 e. The summed E-state index contributed by atoms with van der Waals surface area (Å²) in [5, 5.41) is 3.82. The highest BCUT2D eigenvalue weighted by molar-refractivity contribution is 4.97. The van der Waals surface area contributed by atoms with Crippen molar-refractivity contribution in [2.75, 3.05) is 39.3 Å². The van der Waals surface area contributed by atoms with E-state index in [-0.39, 0.29) is 0 Å². The summed E-state index contributed by atoms with van der Waals surface area (Å²) in [4.78, 5) is 5.54. The Kier molecular flexibility index (Phi) is 4.02. The molecule has 3 heteroatoms. The van der Waals surface area contributed by atoms with Gasteiger partial charge in [0.05, 0.1) is 0 Å². The fraction of sp³-hybridized carbons (Fsp3) is 1.00. The normalized spacial score (nSPS) is 43.2. The molecule has 3 aliphatic heterocycles. The zero-order valence-electron chi connectivity index (χ0n) is 12.9. The van der Waals surface area contributed by atoms with Gasteiger partial charge in [-0.15, -0.1) is 0 Å². The molecule has 3 saturated heterocycles. The van der Waals surface area contributed by atoms with Crippen molar-refractivity contribution in [3.63, 3.8) is 0 Å². The van der Waals surface area contributed by atoms with Crippen LogP contribution in [0.4, 0.5) is 0 Å². The van der Waals surface area contributed by atoms with E-state index in [2.05, 4.69) is 15.1 Å². The number of fused-ring (bicyclic) bond motifs is 1. The van der Waals surface area contributed by atoms with Crippen LogP contribution in [-0.2, 0) is 0 Å². The standard InChI is InChI=1S/C17H31N3/c1-2-8-20(9-3-1)15-7-10-19(12-15)13-17-16-6-4-5-14(16)11-18-17/h14-18H,1-13H2. The maximum absolute atomic E-state index is 3.82. The van der Waals surface area contributed by atoms with E-state index in [4.69, 9.17) is 0 Å². The summed E-state index contributed by atoms with van der Waals surface area (Å²) in [6.45, 7) is 8.05. The molecule has 3 heterocycles. The van der Waals surface area contributed by atoms with Gasteiger partial charge < -0.3 is 10.2 Å². The number of hydrogen-bond acceptors (Lipinski definition) is 3. The number of nitrogens with zero attached hydrogens (tertiary/aromatic N) is 2. The molecule has 20 heavy (non-hydrogen) atoms. The molecule has 4 aliphatic rings. The zero-order chi connectivity index (χ0) is 13.4. The quantitative estimate of drug-likeness (QED) is 0.850. The largest absolute Gasteiger partial charge is 0.312 e. The van der Waals surface area contributed by atoms with Gasteiger partial charge in [-0.05, 0) is 70.1 Å². The first-order valence-corrected chi connectivity index (χ1v) is 9.10. The summed E-state index contributed by atoms with van der Waals surface area (Å²) >= 11 is 0. The Morgan fingerprint density at radius 2 is 1.80 bits per heavy atom. The Hall–Kier alpha value is -0.120. The molecule has 1 aliphatic carbocycles. The van der Waals surface area contributed by atoms with Gasteiger partial charge in [0.15, 0.2) is 0 Å².